The second-order valence-corrected chi connectivity index (χ2v) is 8.61. The van der Waals surface area contributed by atoms with E-state index in [4.69, 9.17) is 0 Å². The van der Waals surface area contributed by atoms with Crippen molar-refractivity contribution in [3.63, 3.8) is 0 Å². The molecule has 154 valence electrons. The summed E-state index contributed by atoms with van der Waals surface area (Å²) in [4.78, 5) is 29.8. The van der Waals surface area contributed by atoms with E-state index in [1.54, 1.807) is 0 Å². The number of carbonyl (C=O) groups excluding carboxylic acids is 2. The molecule has 1 saturated heterocycles. The van der Waals surface area contributed by atoms with Crippen molar-refractivity contribution in [1.82, 2.24) is 10.2 Å². The lowest BCUT2D eigenvalue weighted by molar-refractivity contribution is -0.129. The Kier molecular flexibility index (Phi) is 7.49. The standard InChI is InChI=1S/C23H35N3O2/c1-18(2)26(21-13-7-4-8-14-21)22(27)17-25-15-9-10-19(16-25)23(28)24-20-11-5-3-6-12-20/h4,7-8,13-14,18-20H,3,5-6,9-12,15-17H2,1-2H3,(H,24,28). The van der Waals surface area contributed by atoms with Crippen LogP contribution >= 0.6 is 0 Å². The van der Waals surface area contributed by atoms with Gasteiger partial charge in [0.2, 0.25) is 11.8 Å². The lowest BCUT2D eigenvalue weighted by Crippen LogP contribution is -2.50. The molecule has 3 rings (SSSR count). The Bertz CT molecular complexity index is 641. The van der Waals surface area contributed by atoms with Crippen LogP contribution in [0.25, 0.3) is 0 Å². The van der Waals surface area contributed by atoms with Gasteiger partial charge in [0.05, 0.1) is 12.5 Å². The topological polar surface area (TPSA) is 52.7 Å². The SMILES string of the molecule is CC(C)N(C(=O)CN1CCCC(C(=O)NC2CCCCC2)C1)c1ccccc1. The molecule has 5 nitrogen and oxygen atoms in total. The zero-order valence-corrected chi connectivity index (χ0v) is 17.4. The normalized spacial score (nSPS) is 21.5. The van der Waals surface area contributed by atoms with Crippen molar-refractivity contribution in [2.45, 2.75) is 70.9 Å². The lowest BCUT2D eigenvalue weighted by atomic mass is 9.93. The molecule has 1 aliphatic heterocycles. The van der Waals surface area contributed by atoms with Crippen molar-refractivity contribution in [1.29, 1.82) is 0 Å². The highest BCUT2D eigenvalue weighted by molar-refractivity contribution is 5.95. The molecule has 0 spiro atoms. The Labute approximate surface area is 169 Å². The third kappa shape index (κ3) is 5.57. The molecule has 2 aliphatic rings. The molecule has 0 bridgehead atoms. The van der Waals surface area contributed by atoms with Crippen LogP contribution < -0.4 is 10.2 Å². The first kappa shape index (κ1) is 20.8. The summed E-state index contributed by atoms with van der Waals surface area (Å²) in [6.07, 6.45) is 7.86. The number of hydrogen-bond acceptors (Lipinski definition) is 3. The molecular formula is C23H35N3O2. The summed E-state index contributed by atoms with van der Waals surface area (Å²) in [5.41, 5.74) is 0.936. The molecule has 1 unspecified atom stereocenters. The fourth-order valence-corrected chi connectivity index (χ4v) is 4.57. The first-order valence-electron chi connectivity index (χ1n) is 10.9. The van der Waals surface area contributed by atoms with Gasteiger partial charge in [-0.3, -0.25) is 14.5 Å². The van der Waals surface area contributed by atoms with Crippen LogP contribution in [0, 0.1) is 5.92 Å². The van der Waals surface area contributed by atoms with Crippen molar-refractivity contribution in [2.24, 2.45) is 5.92 Å². The molecule has 0 aromatic heterocycles. The van der Waals surface area contributed by atoms with E-state index in [-0.39, 0.29) is 23.8 Å². The molecule has 0 radical (unpaired) electrons. The Hall–Kier alpha value is -1.88. The highest BCUT2D eigenvalue weighted by Crippen LogP contribution is 2.22. The predicted molar refractivity (Wildman–Crippen MR) is 113 cm³/mol. The van der Waals surface area contributed by atoms with Crippen LogP contribution in [-0.4, -0.2) is 48.4 Å². The van der Waals surface area contributed by atoms with Crippen LogP contribution in [-0.2, 0) is 9.59 Å². The fourth-order valence-electron chi connectivity index (χ4n) is 4.57. The molecular weight excluding hydrogens is 350 g/mol. The quantitative estimate of drug-likeness (QED) is 0.814. The largest absolute Gasteiger partial charge is 0.353 e. The maximum Gasteiger partial charge on any atom is 0.241 e. The van der Waals surface area contributed by atoms with Gasteiger partial charge < -0.3 is 10.2 Å². The summed E-state index contributed by atoms with van der Waals surface area (Å²) in [6.45, 7) is 6.04. The average Bonchev–Trinajstić information content (AvgIpc) is 2.69. The highest BCUT2D eigenvalue weighted by atomic mass is 16.2. The Morgan fingerprint density at radius 3 is 2.46 bits per heavy atom. The second kappa shape index (κ2) is 10.1. The van der Waals surface area contributed by atoms with Gasteiger partial charge >= 0.3 is 0 Å². The monoisotopic (exact) mass is 385 g/mol. The summed E-state index contributed by atoms with van der Waals surface area (Å²) in [6, 6.07) is 10.3. The van der Waals surface area contributed by atoms with Crippen molar-refractivity contribution < 1.29 is 9.59 Å². The fraction of sp³-hybridized carbons (Fsp3) is 0.652. The van der Waals surface area contributed by atoms with Gasteiger partial charge in [-0.05, 0) is 58.2 Å². The van der Waals surface area contributed by atoms with Crippen LogP contribution in [0.1, 0.15) is 58.8 Å². The van der Waals surface area contributed by atoms with Gasteiger partial charge in [-0.2, -0.15) is 0 Å². The summed E-state index contributed by atoms with van der Waals surface area (Å²) >= 11 is 0. The van der Waals surface area contributed by atoms with Crippen LogP contribution in [0.15, 0.2) is 30.3 Å². The molecule has 5 heteroatoms. The second-order valence-electron chi connectivity index (χ2n) is 8.61. The molecule has 1 saturated carbocycles. The van der Waals surface area contributed by atoms with Gasteiger partial charge in [0, 0.05) is 24.3 Å². The van der Waals surface area contributed by atoms with E-state index in [0.717, 1.165) is 37.9 Å². The van der Waals surface area contributed by atoms with E-state index in [0.29, 0.717) is 19.1 Å². The number of amides is 2. The van der Waals surface area contributed by atoms with Gasteiger partial charge in [0.25, 0.3) is 0 Å². The third-order valence-electron chi connectivity index (χ3n) is 6.01. The molecule has 2 fully saturated rings. The van der Waals surface area contributed by atoms with Crippen LogP contribution in [0.2, 0.25) is 0 Å². The van der Waals surface area contributed by atoms with Crippen molar-refractivity contribution >= 4 is 17.5 Å². The van der Waals surface area contributed by atoms with E-state index in [1.807, 2.05) is 49.1 Å². The predicted octanol–water partition coefficient (Wildman–Crippen LogP) is 3.59. The number of piperidine rings is 1. The minimum absolute atomic E-state index is 0.00713. The van der Waals surface area contributed by atoms with Crippen LogP contribution in [0.5, 0.6) is 0 Å². The van der Waals surface area contributed by atoms with Gasteiger partial charge in [-0.25, -0.2) is 0 Å². The summed E-state index contributed by atoms with van der Waals surface area (Å²) in [5, 5.41) is 3.27. The maximum absolute atomic E-state index is 13.0. The number of likely N-dealkylation sites (tertiary alicyclic amines) is 1. The first-order chi connectivity index (χ1) is 13.5. The third-order valence-corrected chi connectivity index (χ3v) is 6.01. The van der Waals surface area contributed by atoms with E-state index < -0.39 is 0 Å². The number of hydrogen-bond donors (Lipinski definition) is 1. The Morgan fingerprint density at radius 1 is 1.07 bits per heavy atom. The van der Waals surface area contributed by atoms with E-state index >= 15 is 0 Å². The van der Waals surface area contributed by atoms with Crippen molar-refractivity contribution in [3.8, 4) is 0 Å². The molecule has 28 heavy (non-hydrogen) atoms. The lowest BCUT2D eigenvalue weighted by Gasteiger charge is -2.35. The van der Waals surface area contributed by atoms with Crippen LogP contribution in [0.4, 0.5) is 5.69 Å². The average molecular weight is 386 g/mol. The minimum atomic E-state index is 0.00713. The smallest absolute Gasteiger partial charge is 0.241 e. The molecule has 1 aliphatic carbocycles. The summed E-state index contributed by atoms with van der Waals surface area (Å²) in [7, 11) is 0. The zero-order valence-electron chi connectivity index (χ0n) is 17.4. The number of nitrogens with one attached hydrogen (secondary N) is 1. The molecule has 1 atom stereocenters. The van der Waals surface area contributed by atoms with E-state index in [1.165, 1.54) is 19.3 Å². The molecule has 1 heterocycles. The van der Waals surface area contributed by atoms with Gasteiger partial charge in [0.15, 0.2) is 0 Å². The maximum atomic E-state index is 13.0. The Balaban J connectivity index is 1.56. The minimum Gasteiger partial charge on any atom is -0.353 e. The van der Waals surface area contributed by atoms with Gasteiger partial charge in [0.1, 0.15) is 0 Å². The number of para-hydroxylation sites is 1. The number of anilines is 1. The van der Waals surface area contributed by atoms with E-state index in [2.05, 4.69) is 10.2 Å². The van der Waals surface area contributed by atoms with E-state index in [9.17, 15) is 9.59 Å². The highest BCUT2D eigenvalue weighted by Gasteiger charge is 2.30. The summed E-state index contributed by atoms with van der Waals surface area (Å²) < 4.78 is 0. The summed E-state index contributed by atoms with van der Waals surface area (Å²) in [5.74, 6) is 0.301. The number of rotatable bonds is 6. The van der Waals surface area contributed by atoms with Gasteiger partial charge in [-0.1, -0.05) is 37.5 Å². The number of benzene rings is 1. The molecule has 1 aromatic carbocycles. The zero-order chi connectivity index (χ0) is 19.9. The molecule has 1 N–H and O–H groups in total. The molecule has 1 aromatic rings. The van der Waals surface area contributed by atoms with Gasteiger partial charge in [-0.15, -0.1) is 0 Å². The Morgan fingerprint density at radius 2 is 1.79 bits per heavy atom. The van der Waals surface area contributed by atoms with Crippen molar-refractivity contribution in [2.75, 3.05) is 24.5 Å². The van der Waals surface area contributed by atoms with Crippen LogP contribution in [0.3, 0.4) is 0 Å². The number of nitrogens with zero attached hydrogens (tertiary/aromatic N) is 2. The first-order valence-corrected chi connectivity index (χ1v) is 10.9. The van der Waals surface area contributed by atoms with Crippen molar-refractivity contribution in [3.05, 3.63) is 30.3 Å². The number of carbonyl (C=O) groups is 2. The molecule has 2 amide bonds.